The van der Waals surface area contributed by atoms with E-state index in [1.807, 2.05) is 6.07 Å². The number of hydrogen-bond acceptors (Lipinski definition) is 1. The molecule has 74 valence electrons. The van der Waals surface area contributed by atoms with E-state index in [4.69, 9.17) is 11.6 Å². The Balaban J connectivity index is 2.01. The predicted molar refractivity (Wildman–Crippen MR) is 54.1 cm³/mol. The van der Waals surface area contributed by atoms with Crippen LogP contribution < -0.4 is 5.32 Å². The molecule has 1 heterocycles. The number of nitrogens with one attached hydrogen (secondary N) is 1. The minimum absolute atomic E-state index is 0.245. The molecule has 1 nitrogen and oxygen atoms in total. The molecule has 3 rings (SSSR count). The molecule has 1 saturated heterocycles. The molecule has 0 aromatic heterocycles. The average molecular weight is 212 g/mol. The van der Waals surface area contributed by atoms with E-state index < -0.39 is 0 Å². The normalized spacial score (nSPS) is 34.3. The lowest BCUT2D eigenvalue weighted by Crippen LogP contribution is -2.19. The van der Waals surface area contributed by atoms with Gasteiger partial charge in [-0.3, -0.25) is 0 Å². The Labute approximate surface area is 87.3 Å². The van der Waals surface area contributed by atoms with Crippen molar-refractivity contribution in [3.8, 4) is 0 Å². The zero-order valence-corrected chi connectivity index (χ0v) is 8.44. The summed E-state index contributed by atoms with van der Waals surface area (Å²) < 4.78 is 13.0. The Kier molecular flexibility index (Phi) is 1.68. The third-order valence-corrected chi connectivity index (χ3v) is 3.85. The van der Waals surface area contributed by atoms with Crippen molar-refractivity contribution in [3.05, 3.63) is 34.6 Å². The summed E-state index contributed by atoms with van der Waals surface area (Å²) in [7, 11) is 0. The van der Waals surface area contributed by atoms with Crippen molar-refractivity contribution in [2.24, 2.45) is 5.92 Å². The monoisotopic (exact) mass is 211 g/mol. The van der Waals surface area contributed by atoms with E-state index in [-0.39, 0.29) is 16.3 Å². The molecule has 0 spiro atoms. The van der Waals surface area contributed by atoms with Crippen LogP contribution in [-0.4, -0.2) is 13.1 Å². The second-order valence-electron chi connectivity index (χ2n) is 4.32. The van der Waals surface area contributed by atoms with Gasteiger partial charge in [0.05, 0.1) is 5.02 Å². The second-order valence-corrected chi connectivity index (χ2v) is 4.72. The van der Waals surface area contributed by atoms with Gasteiger partial charge >= 0.3 is 0 Å². The molecule has 2 fully saturated rings. The summed E-state index contributed by atoms with van der Waals surface area (Å²) in [4.78, 5) is 0. The molecular formula is C11H11ClFN. The largest absolute Gasteiger partial charge is 0.316 e. The van der Waals surface area contributed by atoms with Crippen LogP contribution in [0.5, 0.6) is 0 Å². The topological polar surface area (TPSA) is 12.0 Å². The number of hydrogen-bond donors (Lipinski definition) is 1. The molecule has 3 heteroatoms. The van der Waals surface area contributed by atoms with Gasteiger partial charge in [0.2, 0.25) is 0 Å². The highest BCUT2D eigenvalue weighted by Gasteiger charge is 2.58. The maximum atomic E-state index is 13.0. The minimum atomic E-state index is -0.324. The number of rotatable bonds is 1. The molecule has 1 aromatic carbocycles. The highest BCUT2D eigenvalue weighted by atomic mass is 35.5. The van der Waals surface area contributed by atoms with Gasteiger partial charge < -0.3 is 5.32 Å². The molecule has 1 aliphatic heterocycles. The van der Waals surface area contributed by atoms with Gasteiger partial charge in [-0.25, -0.2) is 4.39 Å². The Morgan fingerprint density at radius 1 is 1.50 bits per heavy atom. The first-order valence-electron chi connectivity index (χ1n) is 4.89. The smallest absolute Gasteiger partial charge is 0.141 e. The Morgan fingerprint density at radius 3 is 2.93 bits per heavy atom. The van der Waals surface area contributed by atoms with E-state index in [0.717, 1.165) is 19.0 Å². The fourth-order valence-electron chi connectivity index (χ4n) is 2.60. The van der Waals surface area contributed by atoms with Crippen LogP contribution in [0.15, 0.2) is 18.2 Å². The number of fused-ring (bicyclic) bond motifs is 1. The highest BCUT2D eigenvalue weighted by molar-refractivity contribution is 6.30. The molecule has 1 saturated carbocycles. The van der Waals surface area contributed by atoms with E-state index in [0.29, 0.717) is 0 Å². The van der Waals surface area contributed by atoms with Crippen LogP contribution in [0.3, 0.4) is 0 Å². The molecule has 0 bridgehead atoms. The Bertz CT molecular complexity index is 393. The van der Waals surface area contributed by atoms with Gasteiger partial charge in [0.25, 0.3) is 0 Å². The maximum absolute atomic E-state index is 13.0. The average Bonchev–Trinajstić information content (AvgIpc) is 2.75. The van der Waals surface area contributed by atoms with E-state index in [1.165, 1.54) is 18.1 Å². The van der Waals surface area contributed by atoms with Crippen LogP contribution >= 0.6 is 11.6 Å². The second kappa shape index (κ2) is 2.71. The molecule has 2 aliphatic rings. The molecular weight excluding hydrogens is 201 g/mol. The van der Waals surface area contributed by atoms with Gasteiger partial charge in [-0.05, 0) is 36.6 Å². The van der Waals surface area contributed by atoms with Crippen LogP contribution in [0.2, 0.25) is 5.02 Å². The quantitative estimate of drug-likeness (QED) is 0.752. The summed E-state index contributed by atoms with van der Waals surface area (Å²) in [5.41, 5.74) is 1.47. The van der Waals surface area contributed by atoms with Crippen LogP contribution in [0.4, 0.5) is 4.39 Å². The fourth-order valence-corrected chi connectivity index (χ4v) is 2.78. The first-order valence-corrected chi connectivity index (χ1v) is 5.26. The number of benzene rings is 1. The lowest BCUT2D eigenvalue weighted by atomic mass is 9.95. The van der Waals surface area contributed by atoms with Crippen molar-refractivity contribution in [3.63, 3.8) is 0 Å². The summed E-state index contributed by atoms with van der Waals surface area (Å²) in [6.07, 6.45) is 1.22. The Morgan fingerprint density at radius 2 is 2.36 bits per heavy atom. The summed E-state index contributed by atoms with van der Waals surface area (Å²) >= 11 is 5.78. The van der Waals surface area contributed by atoms with E-state index in [2.05, 4.69) is 5.32 Å². The first kappa shape index (κ1) is 8.69. The van der Waals surface area contributed by atoms with E-state index in [9.17, 15) is 4.39 Å². The molecule has 0 amide bonds. The SMILES string of the molecule is Fc1ccc([C@]23CNCC2C3)cc1Cl. The molecule has 1 unspecified atom stereocenters. The van der Waals surface area contributed by atoms with Gasteiger partial charge in [-0.1, -0.05) is 17.7 Å². The van der Waals surface area contributed by atoms with Gasteiger partial charge in [0, 0.05) is 12.0 Å². The summed E-state index contributed by atoms with van der Waals surface area (Å²) in [5.74, 6) is 0.416. The number of halogens is 2. The van der Waals surface area contributed by atoms with Crippen LogP contribution in [0, 0.1) is 11.7 Å². The fraction of sp³-hybridized carbons (Fsp3) is 0.455. The predicted octanol–water partition coefficient (Wildman–Crippen LogP) is 2.34. The molecule has 1 N–H and O–H groups in total. The zero-order chi connectivity index (χ0) is 9.76. The first-order chi connectivity index (χ1) is 6.72. The molecule has 2 atom stereocenters. The van der Waals surface area contributed by atoms with Gasteiger partial charge in [0.15, 0.2) is 0 Å². The van der Waals surface area contributed by atoms with Crippen molar-refractivity contribution in [1.29, 1.82) is 0 Å². The molecule has 1 aromatic rings. The highest BCUT2D eigenvalue weighted by Crippen LogP contribution is 2.56. The minimum Gasteiger partial charge on any atom is -0.316 e. The molecule has 14 heavy (non-hydrogen) atoms. The van der Waals surface area contributed by atoms with Crippen molar-refractivity contribution in [1.82, 2.24) is 5.32 Å². The lowest BCUT2D eigenvalue weighted by Gasteiger charge is -2.12. The summed E-state index contributed by atoms with van der Waals surface area (Å²) in [6, 6.07) is 5.12. The van der Waals surface area contributed by atoms with Crippen molar-refractivity contribution in [2.45, 2.75) is 11.8 Å². The van der Waals surface area contributed by atoms with Crippen molar-refractivity contribution >= 4 is 11.6 Å². The standard InChI is InChI=1S/C11H11ClFN/c12-9-3-7(1-2-10(9)13)11-4-8(11)5-14-6-11/h1-3,8,14H,4-6H2/t8?,11-/m0/s1. The third kappa shape index (κ3) is 1.04. The summed E-state index contributed by atoms with van der Waals surface area (Å²) in [6.45, 7) is 2.11. The van der Waals surface area contributed by atoms with E-state index >= 15 is 0 Å². The van der Waals surface area contributed by atoms with Crippen molar-refractivity contribution < 1.29 is 4.39 Å². The zero-order valence-electron chi connectivity index (χ0n) is 7.69. The van der Waals surface area contributed by atoms with Crippen LogP contribution in [-0.2, 0) is 5.41 Å². The van der Waals surface area contributed by atoms with Crippen molar-refractivity contribution in [2.75, 3.05) is 13.1 Å². The molecule has 1 aliphatic carbocycles. The maximum Gasteiger partial charge on any atom is 0.141 e. The van der Waals surface area contributed by atoms with Crippen LogP contribution in [0.1, 0.15) is 12.0 Å². The Hall–Kier alpha value is -0.600. The third-order valence-electron chi connectivity index (χ3n) is 3.56. The van der Waals surface area contributed by atoms with Crippen LogP contribution in [0.25, 0.3) is 0 Å². The summed E-state index contributed by atoms with van der Waals surface area (Å²) in [5, 5.41) is 3.60. The number of piperidine rings is 1. The lowest BCUT2D eigenvalue weighted by molar-refractivity contribution is 0.622. The van der Waals surface area contributed by atoms with Gasteiger partial charge in [-0.15, -0.1) is 0 Å². The van der Waals surface area contributed by atoms with E-state index in [1.54, 1.807) is 6.07 Å². The van der Waals surface area contributed by atoms with Gasteiger partial charge in [0.1, 0.15) is 5.82 Å². The molecule has 0 radical (unpaired) electrons. The van der Waals surface area contributed by atoms with Gasteiger partial charge in [-0.2, -0.15) is 0 Å².